The average molecular weight is 210 g/mol. The van der Waals surface area contributed by atoms with Crippen molar-refractivity contribution < 1.29 is 0 Å². The number of rotatable bonds is 2. The van der Waals surface area contributed by atoms with Gasteiger partial charge < -0.3 is 5.73 Å². The second kappa shape index (κ2) is 4.63. The lowest BCUT2D eigenvalue weighted by Crippen LogP contribution is -2.08. The number of nitrogens with two attached hydrogens (primary N) is 1. The molecular formula is C12H16ClN. The Labute approximate surface area is 90.6 Å². The van der Waals surface area contributed by atoms with Gasteiger partial charge in [-0.25, -0.2) is 0 Å². The molecular weight excluding hydrogens is 194 g/mol. The minimum Gasteiger partial charge on any atom is -0.321 e. The molecule has 0 saturated heterocycles. The SMILES string of the molecule is CC(C)=CC(N)c1ccc(C)cc1Cl. The third-order valence-electron chi connectivity index (χ3n) is 2.03. The van der Waals surface area contributed by atoms with Gasteiger partial charge in [0.05, 0.1) is 0 Å². The molecule has 2 N–H and O–H groups in total. The van der Waals surface area contributed by atoms with E-state index >= 15 is 0 Å². The van der Waals surface area contributed by atoms with E-state index < -0.39 is 0 Å². The first-order chi connectivity index (χ1) is 6.50. The van der Waals surface area contributed by atoms with E-state index in [1.807, 2.05) is 45.0 Å². The fraction of sp³-hybridized carbons (Fsp3) is 0.333. The van der Waals surface area contributed by atoms with Crippen molar-refractivity contribution in [3.63, 3.8) is 0 Å². The van der Waals surface area contributed by atoms with Gasteiger partial charge in [-0.15, -0.1) is 0 Å². The molecule has 0 fully saturated rings. The summed E-state index contributed by atoms with van der Waals surface area (Å²) in [5.41, 5.74) is 9.33. The molecule has 0 aliphatic rings. The number of aryl methyl sites for hydroxylation is 1. The summed E-state index contributed by atoms with van der Waals surface area (Å²) in [7, 11) is 0. The van der Waals surface area contributed by atoms with Gasteiger partial charge in [0.25, 0.3) is 0 Å². The standard InChI is InChI=1S/C12H16ClN/c1-8(2)6-12(14)10-5-4-9(3)7-11(10)13/h4-7,12H,14H2,1-3H3. The number of benzene rings is 1. The van der Waals surface area contributed by atoms with Crippen molar-refractivity contribution in [1.29, 1.82) is 0 Å². The van der Waals surface area contributed by atoms with Gasteiger partial charge in [0.2, 0.25) is 0 Å². The summed E-state index contributed by atoms with van der Waals surface area (Å²) in [5, 5.41) is 0.745. The van der Waals surface area contributed by atoms with Crippen LogP contribution in [0.25, 0.3) is 0 Å². The van der Waals surface area contributed by atoms with Crippen LogP contribution in [0.2, 0.25) is 5.02 Å². The second-order valence-electron chi connectivity index (χ2n) is 3.79. The maximum Gasteiger partial charge on any atom is 0.0498 e. The van der Waals surface area contributed by atoms with E-state index in [9.17, 15) is 0 Å². The van der Waals surface area contributed by atoms with Gasteiger partial charge >= 0.3 is 0 Å². The molecule has 1 aromatic carbocycles. The first-order valence-electron chi connectivity index (χ1n) is 4.67. The Morgan fingerprint density at radius 3 is 2.57 bits per heavy atom. The zero-order valence-corrected chi connectivity index (χ0v) is 9.60. The molecule has 0 aliphatic heterocycles. The monoisotopic (exact) mass is 209 g/mol. The average Bonchev–Trinajstić information content (AvgIpc) is 2.01. The molecule has 1 unspecified atom stereocenters. The normalized spacial score (nSPS) is 12.4. The van der Waals surface area contributed by atoms with Crippen LogP contribution < -0.4 is 5.73 Å². The molecule has 1 atom stereocenters. The van der Waals surface area contributed by atoms with Gasteiger partial charge in [0.15, 0.2) is 0 Å². The van der Waals surface area contributed by atoms with Crippen LogP contribution in [-0.4, -0.2) is 0 Å². The Morgan fingerprint density at radius 1 is 1.43 bits per heavy atom. The molecule has 0 bridgehead atoms. The molecule has 0 spiro atoms. The van der Waals surface area contributed by atoms with E-state index in [0.717, 1.165) is 16.1 Å². The highest BCUT2D eigenvalue weighted by Crippen LogP contribution is 2.24. The predicted molar refractivity (Wildman–Crippen MR) is 62.5 cm³/mol. The van der Waals surface area contributed by atoms with Crippen molar-refractivity contribution in [2.45, 2.75) is 26.8 Å². The Kier molecular flexibility index (Phi) is 3.73. The Hall–Kier alpha value is -0.790. The van der Waals surface area contributed by atoms with Crippen LogP contribution in [0.4, 0.5) is 0 Å². The van der Waals surface area contributed by atoms with E-state index in [1.165, 1.54) is 5.57 Å². The zero-order chi connectivity index (χ0) is 10.7. The highest BCUT2D eigenvalue weighted by atomic mass is 35.5. The van der Waals surface area contributed by atoms with Gasteiger partial charge in [-0.2, -0.15) is 0 Å². The lowest BCUT2D eigenvalue weighted by molar-refractivity contribution is 0.899. The summed E-state index contributed by atoms with van der Waals surface area (Å²) < 4.78 is 0. The summed E-state index contributed by atoms with van der Waals surface area (Å²) in [5.74, 6) is 0. The Morgan fingerprint density at radius 2 is 2.07 bits per heavy atom. The van der Waals surface area contributed by atoms with Crippen LogP contribution in [-0.2, 0) is 0 Å². The van der Waals surface area contributed by atoms with Crippen LogP contribution in [0.5, 0.6) is 0 Å². The smallest absolute Gasteiger partial charge is 0.0498 e. The van der Waals surface area contributed by atoms with Crippen molar-refractivity contribution in [3.05, 3.63) is 46.0 Å². The van der Waals surface area contributed by atoms with E-state index in [0.29, 0.717) is 0 Å². The molecule has 0 heterocycles. The maximum absolute atomic E-state index is 6.10. The van der Waals surface area contributed by atoms with Gasteiger partial charge in [0, 0.05) is 11.1 Å². The quantitative estimate of drug-likeness (QED) is 0.740. The van der Waals surface area contributed by atoms with Crippen molar-refractivity contribution >= 4 is 11.6 Å². The molecule has 1 nitrogen and oxygen atoms in total. The molecule has 76 valence electrons. The third kappa shape index (κ3) is 2.86. The summed E-state index contributed by atoms with van der Waals surface area (Å²) in [4.78, 5) is 0. The van der Waals surface area contributed by atoms with E-state index in [1.54, 1.807) is 0 Å². The zero-order valence-electron chi connectivity index (χ0n) is 8.84. The third-order valence-corrected chi connectivity index (χ3v) is 2.36. The van der Waals surface area contributed by atoms with Crippen molar-refractivity contribution in [2.75, 3.05) is 0 Å². The Balaban J connectivity index is 3.02. The van der Waals surface area contributed by atoms with Gasteiger partial charge in [-0.05, 0) is 38.0 Å². The molecule has 0 saturated carbocycles. The molecule has 14 heavy (non-hydrogen) atoms. The topological polar surface area (TPSA) is 26.0 Å². The van der Waals surface area contributed by atoms with Gasteiger partial charge in [-0.1, -0.05) is 35.4 Å². The van der Waals surface area contributed by atoms with E-state index in [4.69, 9.17) is 17.3 Å². The largest absolute Gasteiger partial charge is 0.321 e. The fourth-order valence-corrected chi connectivity index (χ4v) is 1.71. The van der Waals surface area contributed by atoms with Gasteiger partial charge in [0.1, 0.15) is 0 Å². The van der Waals surface area contributed by atoms with Crippen LogP contribution in [0.1, 0.15) is 31.0 Å². The fourth-order valence-electron chi connectivity index (χ4n) is 1.35. The van der Waals surface area contributed by atoms with E-state index in [-0.39, 0.29) is 6.04 Å². The lowest BCUT2D eigenvalue weighted by atomic mass is 10.0. The molecule has 1 rings (SSSR count). The summed E-state index contributed by atoms with van der Waals surface area (Å²) in [6.07, 6.45) is 2.01. The second-order valence-corrected chi connectivity index (χ2v) is 4.20. The molecule has 1 aromatic rings. The number of hydrogen-bond donors (Lipinski definition) is 1. The molecule has 0 aliphatic carbocycles. The molecule has 0 aromatic heterocycles. The van der Waals surface area contributed by atoms with Crippen LogP contribution >= 0.6 is 11.6 Å². The number of allylic oxidation sites excluding steroid dienone is 1. The number of hydrogen-bond acceptors (Lipinski definition) is 1. The summed E-state index contributed by atoms with van der Waals surface area (Å²) in [6.45, 7) is 6.08. The van der Waals surface area contributed by atoms with Crippen LogP contribution in [0, 0.1) is 6.92 Å². The molecule has 0 radical (unpaired) electrons. The van der Waals surface area contributed by atoms with Crippen molar-refractivity contribution in [2.24, 2.45) is 5.73 Å². The highest BCUT2D eigenvalue weighted by Gasteiger charge is 2.06. The lowest BCUT2D eigenvalue weighted by Gasteiger charge is -2.10. The summed E-state index contributed by atoms with van der Waals surface area (Å²) >= 11 is 6.10. The first kappa shape index (κ1) is 11.3. The van der Waals surface area contributed by atoms with Crippen LogP contribution in [0.15, 0.2) is 29.8 Å². The number of halogens is 1. The molecule has 2 heteroatoms. The van der Waals surface area contributed by atoms with Crippen LogP contribution in [0.3, 0.4) is 0 Å². The minimum atomic E-state index is -0.104. The van der Waals surface area contributed by atoms with E-state index in [2.05, 4.69) is 0 Å². The molecule has 0 amide bonds. The highest BCUT2D eigenvalue weighted by molar-refractivity contribution is 6.31. The van der Waals surface area contributed by atoms with Gasteiger partial charge in [-0.3, -0.25) is 0 Å². The first-order valence-corrected chi connectivity index (χ1v) is 5.05. The minimum absolute atomic E-state index is 0.104. The van der Waals surface area contributed by atoms with Crippen molar-refractivity contribution in [3.8, 4) is 0 Å². The predicted octanol–water partition coefficient (Wildman–Crippen LogP) is 3.61. The maximum atomic E-state index is 6.10. The van der Waals surface area contributed by atoms with Crippen molar-refractivity contribution in [1.82, 2.24) is 0 Å². The summed E-state index contributed by atoms with van der Waals surface area (Å²) in [6, 6.07) is 5.85. The Bertz CT molecular complexity index is 351.